The number of benzene rings is 2. The highest BCUT2D eigenvalue weighted by atomic mass is 35.5. The molecule has 0 heterocycles. The molecule has 0 bridgehead atoms. The van der Waals surface area contributed by atoms with Crippen LogP contribution in [0.4, 0.5) is 13.2 Å². The minimum atomic E-state index is -5.00. The van der Waals surface area contributed by atoms with Crippen molar-refractivity contribution < 1.29 is 27.4 Å². The summed E-state index contributed by atoms with van der Waals surface area (Å²) >= 11 is 5.83. The Balaban J connectivity index is 2.10. The van der Waals surface area contributed by atoms with Gasteiger partial charge >= 0.3 is 12.1 Å². The number of ether oxygens (including phenoxy) is 2. The standard InChI is InChI=1S/C18H16ClF3N2O3/c1-11(23-24-17(25)18(20,21)22)13-5-8-15(16(9-13)26-2)27-10-12-3-6-14(19)7-4-12/h3-9H,10H2,1-2H3,(H,24,25). The van der Waals surface area contributed by atoms with Gasteiger partial charge in [-0.2, -0.15) is 18.3 Å². The predicted molar refractivity (Wildman–Crippen MR) is 95.2 cm³/mol. The molecule has 1 N–H and O–H groups in total. The molecule has 144 valence electrons. The van der Waals surface area contributed by atoms with Crippen LogP contribution in [-0.2, 0) is 11.4 Å². The van der Waals surface area contributed by atoms with E-state index in [4.69, 9.17) is 21.1 Å². The van der Waals surface area contributed by atoms with Crippen LogP contribution in [0.5, 0.6) is 11.5 Å². The molecule has 0 saturated heterocycles. The lowest BCUT2D eigenvalue weighted by Crippen LogP contribution is -2.34. The maximum atomic E-state index is 12.2. The van der Waals surface area contributed by atoms with Gasteiger partial charge in [0.05, 0.1) is 12.8 Å². The first-order valence-electron chi connectivity index (χ1n) is 7.68. The van der Waals surface area contributed by atoms with Crippen molar-refractivity contribution in [2.24, 2.45) is 5.10 Å². The van der Waals surface area contributed by atoms with Gasteiger partial charge in [0.15, 0.2) is 11.5 Å². The molecule has 0 aliphatic rings. The maximum absolute atomic E-state index is 12.2. The van der Waals surface area contributed by atoms with Gasteiger partial charge in [-0.1, -0.05) is 23.7 Å². The van der Waals surface area contributed by atoms with Gasteiger partial charge in [0.1, 0.15) is 6.61 Å². The number of nitrogens with one attached hydrogen (secondary N) is 1. The van der Waals surface area contributed by atoms with Crippen LogP contribution in [0.2, 0.25) is 5.02 Å². The third kappa shape index (κ3) is 5.89. The third-order valence-electron chi connectivity index (χ3n) is 3.47. The van der Waals surface area contributed by atoms with Gasteiger partial charge in [-0.25, -0.2) is 5.43 Å². The predicted octanol–water partition coefficient (Wildman–Crippen LogP) is 4.33. The Morgan fingerprint density at radius 2 is 1.81 bits per heavy atom. The maximum Gasteiger partial charge on any atom is 0.473 e. The molecule has 0 fully saturated rings. The number of carbonyl (C=O) groups excluding carboxylic acids is 1. The van der Waals surface area contributed by atoms with E-state index in [1.54, 1.807) is 30.3 Å². The van der Waals surface area contributed by atoms with Crippen molar-refractivity contribution in [3.05, 3.63) is 58.6 Å². The van der Waals surface area contributed by atoms with Crippen LogP contribution in [0.3, 0.4) is 0 Å². The summed E-state index contributed by atoms with van der Waals surface area (Å²) in [4.78, 5) is 10.8. The van der Waals surface area contributed by atoms with Crippen molar-refractivity contribution in [1.82, 2.24) is 5.43 Å². The number of carbonyl (C=O) groups is 1. The van der Waals surface area contributed by atoms with Crippen molar-refractivity contribution in [3.8, 4) is 11.5 Å². The zero-order valence-corrected chi connectivity index (χ0v) is 15.2. The summed E-state index contributed by atoms with van der Waals surface area (Å²) in [5.74, 6) is -1.32. The Morgan fingerprint density at radius 1 is 1.15 bits per heavy atom. The molecule has 1 amide bonds. The van der Waals surface area contributed by atoms with Crippen molar-refractivity contribution in [3.63, 3.8) is 0 Å². The van der Waals surface area contributed by atoms with Crippen LogP contribution in [0.1, 0.15) is 18.1 Å². The van der Waals surface area contributed by atoms with E-state index in [9.17, 15) is 18.0 Å². The fraction of sp³-hybridized carbons (Fsp3) is 0.222. The van der Waals surface area contributed by atoms with Gasteiger partial charge in [0, 0.05) is 10.6 Å². The number of alkyl halides is 3. The third-order valence-corrected chi connectivity index (χ3v) is 3.72. The van der Waals surface area contributed by atoms with Crippen LogP contribution in [-0.4, -0.2) is 24.9 Å². The molecule has 0 radical (unpaired) electrons. The number of hydrogen-bond acceptors (Lipinski definition) is 4. The summed E-state index contributed by atoms with van der Waals surface area (Å²) in [6.45, 7) is 1.74. The molecule has 0 aromatic heterocycles. The summed E-state index contributed by atoms with van der Waals surface area (Å²) < 4.78 is 47.5. The number of hydrazone groups is 1. The largest absolute Gasteiger partial charge is 0.493 e. The Hall–Kier alpha value is -2.74. The Labute approximate surface area is 158 Å². The molecule has 0 aliphatic heterocycles. The first-order valence-corrected chi connectivity index (χ1v) is 8.05. The molecule has 27 heavy (non-hydrogen) atoms. The van der Waals surface area contributed by atoms with Gasteiger partial charge in [0.25, 0.3) is 0 Å². The van der Waals surface area contributed by atoms with E-state index < -0.39 is 12.1 Å². The average Bonchev–Trinajstić information content (AvgIpc) is 2.64. The monoisotopic (exact) mass is 400 g/mol. The minimum Gasteiger partial charge on any atom is -0.493 e. The first kappa shape index (κ1) is 20.6. The second-order valence-corrected chi connectivity index (χ2v) is 5.85. The zero-order chi connectivity index (χ0) is 20.0. The Bertz CT molecular complexity index is 837. The van der Waals surface area contributed by atoms with E-state index in [1.165, 1.54) is 19.5 Å². The fourth-order valence-corrected chi connectivity index (χ4v) is 2.14. The Morgan fingerprint density at radius 3 is 2.41 bits per heavy atom. The molecular weight excluding hydrogens is 385 g/mol. The molecular formula is C18H16ClF3N2O3. The summed E-state index contributed by atoms with van der Waals surface area (Å²) in [6.07, 6.45) is -5.00. The molecule has 2 aromatic rings. The van der Waals surface area contributed by atoms with Gasteiger partial charge < -0.3 is 9.47 Å². The van der Waals surface area contributed by atoms with Crippen LogP contribution in [0, 0.1) is 0 Å². The van der Waals surface area contributed by atoms with Crippen molar-refractivity contribution in [2.45, 2.75) is 19.7 Å². The van der Waals surface area contributed by atoms with E-state index in [2.05, 4.69) is 5.10 Å². The number of amides is 1. The van der Waals surface area contributed by atoms with Crippen molar-refractivity contribution in [2.75, 3.05) is 7.11 Å². The highest BCUT2D eigenvalue weighted by Gasteiger charge is 2.38. The lowest BCUT2D eigenvalue weighted by Gasteiger charge is -2.12. The van der Waals surface area contributed by atoms with E-state index in [0.29, 0.717) is 22.1 Å². The topological polar surface area (TPSA) is 59.9 Å². The quantitative estimate of drug-likeness (QED) is 0.580. The number of hydrogen-bond donors (Lipinski definition) is 1. The molecule has 9 heteroatoms. The molecule has 0 aliphatic carbocycles. The first-order chi connectivity index (χ1) is 12.7. The van der Waals surface area contributed by atoms with E-state index in [-0.39, 0.29) is 12.3 Å². The summed E-state index contributed by atoms with van der Waals surface area (Å²) in [6, 6.07) is 11.9. The average molecular weight is 401 g/mol. The van der Waals surface area contributed by atoms with Crippen molar-refractivity contribution >= 4 is 23.2 Å². The molecule has 0 atom stereocenters. The smallest absolute Gasteiger partial charge is 0.473 e. The number of nitrogens with zero attached hydrogens (tertiary/aromatic N) is 1. The van der Waals surface area contributed by atoms with Gasteiger partial charge in [0.2, 0.25) is 0 Å². The SMILES string of the molecule is COc1cc(C(C)=NNC(=O)C(F)(F)F)ccc1OCc1ccc(Cl)cc1. The van der Waals surface area contributed by atoms with E-state index in [0.717, 1.165) is 5.56 Å². The van der Waals surface area contributed by atoms with Crippen molar-refractivity contribution in [1.29, 1.82) is 0 Å². The van der Waals surface area contributed by atoms with Gasteiger partial charge in [-0.15, -0.1) is 0 Å². The zero-order valence-electron chi connectivity index (χ0n) is 14.4. The molecule has 0 spiro atoms. The molecule has 0 saturated carbocycles. The van der Waals surface area contributed by atoms with Crippen LogP contribution < -0.4 is 14.9 Å². The van der Waals surface area contributed by atoms with E-state index in [1.807, 2.05) is 12.1 Å². The molecule has 0 unspecified atom stereocenters. The second-order valence-electron chi connectivity index (χ2n) is 5.42. The van der Waals surface area contributed by atoms with Crippen LogP contribution in [0.15, 0.2) is 47.6 Å². The van der Waals surface area contributed by atoms with Gasteiger partial charge in [-0.3, -0.25) is 4.79 Å². The van der Waals surface area contributed by atoms with Crippen LogP contribution in [0.25, 0.3) is 0 Å². The lowest BCUT2D eigenvalue weighted by atomic mass is 10.1. The Kier molecular flexibility index (Phi) is 6.68. The highest BCUT2D eigenvalue weighted by Crippen LogP contribution is 2.29. The molecule has 2 aromatic carbocycles. The minimum absolute atomic E-state index is 0.176. The number of methoxy groups -OCH3 is 1. The fourth-order valence-electron chi connectivity index (χ4n) is 2.02. The highest BCUT2D eigenvalue weighted by molar-refractivity contribution is 6.30. The number of halogens is 4. The van der Waals surface area contributed by atoms with E-state index >= 15 is 0 Å². The normalized spacial score (nSPS) is 11.9. The molecule has 5 nitrogen and oxygen atoms in total. The summed E-state index contributed by atoms with van der Waals surface area (Å²) in [7, 11) is 1.44. The summed E-state index contributed by atoms with van der Waals surface area (Å²) in [5, 5.41) is 4.07. The number of rotatable bonds is 6. The molecule has 2 rings (SSSR count). The summed E-state index contributed by atoms with van der Waals surface area (Å²) in [5.41, 5.74) is 3.01. The second kappa shape index (κ2) is 8.77. The van der Waals surface area contributed by atoms with Crippen LogP contribution >= 0.6 is 11.6 Å². The lowest BCUT2D eigenvalue weighted by molar-refractivity contribution is -0.173. The van der Waals surface area contributed by atoms with Gasteiger partial charge in [-0.05, 0) is 42.8 Å².